The molecule has 18 heavy (non-hydrogen) atoms. The number of hydrogen-bond acceptors (Lipinski definition) is 4. The quantitative estimate of drug-likeness (QED) is 0.785. The number of nitrogens with two attached hydrogens (primary N) is 1. The van der Waals surface area contributed by atoms with Gasteiger partial charge in [-0.3, -0.25) is 4.98 Å². The summed E-state index contributed by atoms with van der Waals surface area (Å²) in [5, 5.41) is 0.656. The first kappa shape index (κ1) is 15.3. The molecule has 0 fully saturated rings. The van der Waals surface area contributed by atoms with Crippen LogP contribution < -0.4 is 10.5 Å². The van der Waals surface area contributed by atoms with Gasteiger partial charge in [-0.05, 0) is 24.5 Å². The van der Waals surface area contributed by atoms with E-state index in [9.17, 15) is 0 Å². The highest BCUT2D eigenvalue weighted by molar-refractivity contribution is 7.99. The molecule has 0 saturated carbocycles. The third-order valence-corrected chi connectivity index (χ3v) is 4.22. The molecule has 0 aliphatic heterocycles. The average Bonchev–Trinajstić information content (AvgIpc) is 2.42. The molecule has 1 rings (SSSR count). The molecule has 1 aromatic rings. The van der Waals surface area contributed by atoms with Gasteiger partial charge in [0.15, 0.2) is 0 Å². The van der Waals surface area contributed by atoms with Crippen LogP contribution in [0.25, 0.3) is 0 Å². The van der Waals surface area contributed by atoms with E-state index in [4.69, 9.17) is 10.5 Å². The predicted octanol–water partition coefficient (Wildman–Crippen LogP) is 3.40. The minimum atomic E-state index is 0.0293. The maximum absolute atomic E-state index is 6.18. The van der Waals surface area contributed by atoms with Crippen LogP contribution in [-0.2, 0) is 0 Å². The third-order valence-electron chi connectivity index (χ3n) is 2.77. The normalized spacial score (nSPS) is 14.2. The van der Waals surface area contributed by atoms with Gasteiger partial charge in [-0.1, -0.05) is 20.8 Å². The Kier molecular flexibility index (Phi) is 7.13. The Balaban J connectivity index is 2.53. The van der Waals surface area contributed by atoms with Crippen molar-refractivity contribution < 1.29 is 4.74 Å². The van der Waals surface area contributed by atoms with E-state index in [0.29, 0.717) is 5.25 Å². The van der Waals surface area contributed by atoms with E-state index >= 15 is 0 Å². The fourth-order valence-corrected chi connectivity index (χ4v) is 2.38. The second kappa shape index (κ2) is 8.38. The second-order valence-corrected chi connectivity index (χ2v) is 5.93. The average molecular weight is 268 g/mol. The summed E-state index contributed by atoms with van der Waals surface area (Å²) >= 11 is 1.91. The Labute approximate surface area is 115 Å². The van der Waals surface area contributed by atoms with Crippen LogP contribution in [0.1, 0.15) is 45.2 Å². The zero-order chi connectivity index (χ0) is 13.4. The van der Waals surface area contributed by atoms with E-state index in [2.05, 4.69) is 25.8 Å². The number of pyridine rings is 1. The molecular weight excluding hydrogens is 244 g/mol. The van der Waals surface area contributed by atoms with E-state index in [1.165, 1.54) is 6.42 Å². The molecule has 4 heteroatoms. The highest BCUT2D eigenvalue weighted by Crippen LogP contribution is 2.22. The lowest BCUT2D eigenvalue weighted by molar-refractivity contribution is 0.315. The van der Waals surface area contributed by atoms with Gasteiger partial charge in [0.1, 0.15) is 5.75 Å². The number of rotatable bonds is 8. The molecule has 0 saturated heterocycles. The van der Waals surface area contributed by atoms with Gasteiger partial charge in [0, 0.05) is 23.2 Å². The van der Waals surface area contributed by atoms with Crippen LogP contribution >= 0.6 is 11.8 Å². The zero-order valence-corrected chi connectivity index (χ0v) is 12.4. The Bertz CT molecular complexity index is 346. The molecular formula is C14H24N2OS. The van der Waals surface area contributed by atoms with Gasteiger partial charge in [-0.25, -0.2) is 0 Å². The van der Waals surface area contributed by atoms with Gasteiger partial charge in [-0.2, -0.15) is 11.8 Å². The number of hydrogen-bond donors (Lipinski definition) is 1. The summed E-state index contributed by atoms with van der Waals surface area (Å²) in [6.07, 6.45) is 5.75. The van der Waals surface area contributed by atoms with E-state index in [-0.39, 0.29) is 6.04 Å². The lowest BCUT2D eigenvalue weighted by Gasteiger charge is -2.15. The van der Waals surface area contributed by atoms with Crippen molar-refractivity contribution >= 4 is 11.8 Å². The third kappa shape index (κ3) is 5.27. The molecule has 0 aliphatic rings. The molecule has 102 valence electrons. The van der Waals surface area contributed by atoms with Crippen LogP contribution in [0.2, 0.25) is 0 Å². The molecule has 0 amide bonds. The summed E-state index contributed by atoms with van der Waals surface area (Å²) in [5.74, 6) is 1.74. The van der Waals surface area contributed by atoms with Crippen molar-refractivity contribution in [1.29, 1.82) is 0 Å². The second-order valence-electron chi connectivity index (χ2n) is 4.46. The molecule has 2 atom stereocenters. The van der Waals surface area contributed by atoms with Crippen LogP contribution in [0.3, 0.4) is 0 Å². The summed E-state index contributed by atoms with van der Waals surface area (Å²) in [7, 11) is 0. The van der Waals surface area contributed by atoms with Crippen molar-refractivity contribution in [3.63, 3.8) is 0 Å². The van der Waals surface area contributed by atoms with Crippen LogP contribution in [-0.4, -0.2) is 22.6 Å². The molecule has 0 bridgehead atoms. The Morgan fingerprint density at radius 3 is 2.83 bits per heavy atom. The molecule has 1 aromatic heterocycles. The van der Waals surface area contributed by atoms with Crippen molar-refractivity contribution in [2.24, 2.45) is 5.73 Å². The fourth-order valence-electron chi connectivity index (χ4n) is 1.42. The van der Waals surface area contributed by atoms with Crippen LogP contribution in [0, 0.1) is 0 Å². The molecule has 0 aromatic carbocycles. The maximum Gasteiger partial charge on any atom is 0.137 e. The first-order chi connectivity index (χ1) is 8.67. The van der Waals surface area contributed by atoms with E-state index in [0.717, 1.165) is 30.1 Å². The lowest BCUT2D eigenvalue weighted by atomic mass is 10.1. The van der Waals surface area contributed by atoms with E-state index in [1.54, 1.807) is 6.20 Å². The van der Waals surface area contributed by atoms with E-state index < -0.39 is 0 Å². The van der Waals surface area contributed by atoms with Gasteiger partial charge in [0.05, 0.1) is 12.8 Å². The SMILES string of the molecule is CCCOc1cncc(C(N)CSC(C)CC)c1. The van der Waals surface area contributed by atoms with Gasteiger partial charge in [-0.15, -0.1) is 0 Å². The van der Waals surface area contributed by atoms with Crippen LogP contribution in [0.4, 0.5) is 0 Å². The number of thioether (sulfide) groups is 1. The molecule has 0 spiro atoms. The van der Waals surface area contributed by atoms with Gasteiger partial charge >= 0.3 is 0 Å². The van der Waals surface area contributed by atoms with Crippen molar-refractivity contribution in [2.45, 2.75) is 44.9 Å². The molecule has 2 unspecified atom stereocenters. The summed E-state index contributed by atoms with van der Waals surface area (Å²) in [5.41, 5.74) is 7.23. The minimum absolute atomic E-state index is 0.0293. The van der Waals surface area contributed by atoms with Crippen molar-refractivity contribution in [3.05, 3.63) is 24.0 Å². The predicted molar refractivity (Wildman–Crippen MR) is 79.2 cm³/mol. The zero-order valence-electron chi connectivity index (χ0n) is 11.6. The topological polar surface area (TPSA) is 48.1 Å². The smallest absolute Gasteiger partial charge is 0.137 e. The number of aromatic nitrogens is 1. The Morgan fingerprint density at radius 1 is 1.39 bits per heavy atom. The largest absolute Gasteiger partial charge is 0.492 e. The number of ether oxygens (including phenoxy) is 1. The summed E-state index contributed by atoms with van der Waals surface area (Å²) in [4.78, 5) is 4.19. The molecule has 1 heterocycles. The van der Waals surface area contributed by atoms with Crippen LogP contribution in [0.5, 0.6) is 5.75 Å². The Morgan fingerprint density at radius 2 is 2.17 bits per heavy atom. The monoisotopic (exact) mass is 268 g/mol. The van der Waals surface area contributed by atoms with E-state index in [1.807, 2.05) is 24.0 Å². The summed E-state index contributed by atoms with van der Waals surface area (Å²) in [6.45, 7) is 7.24. The van der Waals surface area contributed by atoms with Crippen molar-refractivity contribution in [2.75, 3.05) is 12.4 Å². The molecule has 2 N–H and O–H groups in total. The van der Waals surface area contributed by atoms with Gasteiger partial charge in [0.25, 0.3) is 0 Å². The summed E-state index contributed by atoms with van der Waals surface area (Å²) < 4.78 is 5.57. The molecule has 3 nitrogen and oxygen atoms in total. The first-order valence-electron chi connectivity index (χ1n) is 6.62. The van der Waals surface area contributed by atoms with Crippen molar-refractivity contribution in [1.82, 2.24) is 4.98 Å². The Hall–Kier alpha value is -0.740. The molecule has 0 radical (unpaired) electrons. The number of nitrogens with zero attached hydrogens (tertiary/aromatic N) is 1. The van der Waals surface area contributed by atoms with Crippen molar-refractivity contribution in [3.8, 4) is 5.75 Å². The standard InChI is InChI=1S/C14H24N2OS/c1-4-6-17-13-7-12(8-16-9-13)14(15)10-18-11(3)5-2/h7-9,11,14H,4-6,10,15H2,1-3H3. The highest BCUT2D eigenvalue weighted by Gasteiger charge is 2.10. The highest BCUT2D eigenvalue weighted by atomic mass is 32.2. The molecule has 0 aliphatic carbocycles. The van der Waals surface area contributed by atoms with Gasteiger partial charge in [0.2, 0.25) is 0 Å². The minimum Gasteiger partial charge on any atom is -0.492 e. The lowest BCUT2D eigenvalue weighted by Crippen LogP contribution is -2.15. The van der Waals surface area contributed by atoms with Gasteiger partial charge < -0.3 is 10.5 Å². The summed E-state index contributed by atoms with van der Waals surface area (Å²) in [6, 6.07) is 2.03. The van der Waals surface area contributed by atoms with Crippen LogP contribution in [0.15, 0.2) is 18.5 Å². The fraction of sp³-hybridized carbons (Fsp3) is 0.643. The first-order valence-corrected chi connectivity index (χ1v) is 7.67. The maximum atomic E-state index is 6.18.